The lowest BCUT2D eigenvalue weighted by Gasteiger charge is -1.92. The van der Waals surface area contributed by atoms with Gasteiger partial charge >= 0.3 is 11.9 Å². The van der Waals surface area contributed by atoms with Crippen LogP contribution in [-0.4, -0.2) is 32.1 Å². The molecule has 1 aromatic heterocycles. The smallest absolute Gasteiger partial charge is 0.335 e. The highest BCUT2D eigenvalue weighted by atomic mass is 35.5. The fourth-order valence-corrected chi connectivity index (χ4v) is 1.54. The summed E-state index contributed by atoms with van der Waals surface area (Å²) in [6.07, 6.45) is 0.290. The molecule has 0 radical (unpaired) electrons. The number of aryl methyl sites for hydroxylation is 1. The molecule has 1 heterocycles. The number of carboxylic acids is 2. The molecule has 0 spiro atoms. The Bertz CT molecular complexity index is 594. The van der Waals surface area contributed by atoms with Crippen LogP contribution in [0.4, 0.5) is 0 Å². The van der Waals surface area contributed by atoms with Gasteiger partial charge < -0.3 is 15.2 Å². The number of H-pyrrole nitrogens is 1. The highest BCUT2D eigenvalue weighted by Gasteiger charge is 2.08. The molecule has 0 saturated carbocycles. The van der Waals surface area contributed by atoms with Crippen molar-refractivity contribution in [2.24, 2.45) is 0 Å². The van der Waals surface area contributed by atoms with E-state index >= 15 is 0 Å². The Morgan fingerprint density at radius 3 is 2.61 bits per heavy atom. The van der Waals surface area contributed by atoms with Crippen LogP contribution in [0.2, 0.25) is 0 Å². The van der Waals surface area contributed by atoms with Crippen molar-refractivity contribution in [1.29, 1.82) is 0 Å². The molecule has 2 rings (SSSR count). The Balaban J connectivity index is 0.00000162. The SMILES string of the molecule is Cl.O=C(O)CCc1nc2ccc(C(=O)O)cc2[nH]1. The van der Waals surface area contributed by atoms with E-state index in [1.54, 1.807) is 6.07 Å². The van der Waals surface area contributed by atoms with Crippen LogP contribution < -0.4 is 0 Å². The van der Waals surface area contributed by atoms with Crippen molar-refractivity contribution in [3.8, 4) is 0 Å². The molecular weight excluding hydrogens is 260 g/mol. The zero-order chi connectivity index (χ0) is 12.4. The van der Waals surface area contributed by atoms with Gasteiger partial charge in [0.2, 0.25) is 0 Å². The number of rotatable bonds is 4. The summed E-state index contributed by atoms with van der Waals surface area (Å²) in [4.78, 5) is 28.2. The Kier molecular flexibility index (Phi) is 4.28. The molecule has 96 valence electrons. The summed E-state index contributed by atoms with van der Waals surface area (Å²) in [5.41, 5.74) is 1.41. The van der Waals surface area contributed by atoms with Crippen LogP contribution in [0.3, 0.4) is 0 Å². The molecule has 0 aliphatic heterocycles. The fourth-order valence-electron chi connectivity index (χ4n) is 1.54. The van der Waals surface area contributed by atoms with Crippen LogP contribution in [0, 0.1) is 0 Å². The predicted octanol–water partition coefficient (Wildman–Crippen LogP) is 1.70. The summed E-state index contributed by atoms with van der Waals surface area (Å²) in [6, 6.07) is 4.54. The van der Waals surface area contributed by atoms with E-state index in [0.717, 1.165) is 0 Å². The molecule has 0 unspecified atom stereocenters. The lowest BCUT2D eigenvalue weighted by molar-refractivity contribution is -0.137. The van der Waals surface area contributed by atoms with Crippen LogP contribution in [0.5, 0.6) is 0 Å². The van der Waals surface area contributed by atoms with Gasteiger partial charge in [0.15, 0.2) is 0 Å². The number of aromatic carboxylic acids is 1. The third-order valence-corrected chi connectivity index (χ3v) is 2.35. The first-order valence-electron chi connectivity index (χ1n) is 5.00. The van der Waals surface area contributed by atoms with E-state index in [1.165, 1.54) is 12.1 Å². The number of aromatic nitrogens is 2. The molecule has 0 saturated heterocycles. The highest BCUT2D eigenvalue weighted by Crippen LogP contribution is 2.14. The predicted molar refractivity (Wildman–Crippen MR) is 66.3 cm³/mol. The van der Waals surface area contributed by atoms with Gasteiger partial charge in [-0.25, -0.2) is 9.78 Å². The summed E-state index contributed by atoms with van der Waals surface area (Å²) in [6.45, 7) is 0. The molecule has 1 aromatic carbocycles. The number of nitrogens with one attached hydrogen (secondary N) is 1. The van der Waals surface area contributed by atoms with Crippen LogP contribution in [-0.2, 0) is 11.2 Å². The molecular formula is C11H11ClN2O4. The van der Waals surface area contributed by atoms with Crippen molar-refractivity contribution in [1.82, 2.24) is 9.97 Å². The minimum atomic E-state index is -1.01. The normalized spacial score (nSPS) is 10.0. The number of hydrogen-bond donors (Lipinski definition) is 3. The van der Waals surface area contributed by atoms with E-state index in [9.17, 15) is 9.59 Å². The van der Waals surface area contributed by atoms with Gasteiger partial charge in [-0.15, -0.1) is 12.4 Å². The minimum absolute atomic E-state index is 0. The van der Waals surface area contributed by atoms with Gasteiger partial charge in [-0.3, -0.25) is 4.79 Å². The van der Waals surface area contributed by atoms with Crippen molar-refractivity contribution >= 4 is 35.4 Å². The zero-order valence-corrected chi connectivity index (χ0v) is 10.0. The van der Waals surface area contributed by atoms with Gasteiger partial charge in [0.25, 0.3) is 0 Å². The highest BCUT2D eigenvalue weighted by molar-refractivity contribution is 5.92. The number of imidazole rings is 1. The molecule has 7 heteroatoms. The second-order valence-corrected chi connectivity index (χ2v) is 3.61. The van der Waals surface area contributed by atoms with E-state index < -0.39 is 11.9 Å². The molecule has 2 aromatic rings. The number of hydrogen-bond acceptors (Lipinski definition) is 3. The third kappa shape index (κ3) is 2.98. The second kappa shape index (κ2) is 5.50. The van der Waals surface area contributed by atoms with Crippen LogP contribution in [0.15, 0.2) is 18.2 Å². The number of carboxylic acid groups (broad SMARTS) is 2. The Hall–Kier alpha value is -2.08. The fraction of sp³-hybridized carbons (Fsp3) is 0.182. The number of fused-ring (bicyclic) bond motifs is 1. The number of aromatic amines is 1. The quantitative estimate of drug-likeness (QED) is 0.784. The number of benzene rings is 1. The van der Waals surface area contributed by atoms with Gasteiger partial charge in [-0.05, 0) is 18.2 Å². The summed E-state index contributed by atoms with van der Waals surface area (Å²) >= 11 is 0. The average molecular weight is 271 g/mol. The number of carbonyl (C=O) groups is 2. The van der Waals surface area contributed by atoms with Crippen LogP contribution >= 0.6 is 12.4 Å². The Morgan fingerprint density at radius 2 is 2.00 bits per heavy atom. The molecule has 0 bridgehead atoms. The van der Waals surface area contributed by atoms with Crippen molar-refractivity contribution in [2.45, 2.75) is 12.8 Å². The molecule has 0 aliphatic rings. The Morgan fingerprint density at radius 1 is 1.28 bits per heavy atom. The lowest BCUT2D eigenvalue weighted by Crippen LogP contribution is -1.98. The molecule has 0 aliphatic carbocycles. The number of halogens is 1. The van der Waals surface area contributed by atoms with Crippen molar-refractivity contribution in [2.75, 3.05) is 0 Å². The maximum atomic E-state index is 10.8. The summed E-state index contributed by atoms with van der Waals surface area (Å²) < 4.78 is 0. The first-order chi connectivity index (χ1) is 8.06. The molecule has 18 heavy (non-hydrogen) atoms. The first kappa shape index (κ1) is 14.0. The summed E-state index contributed by atoms with van der Waals surface area (Å²) in [7, 11) is 0. The van der Waals surface area contributed by atoms with Crippen LogP contribution in [0.1, 0.15) is 22.6 Å². The molecule has 0 amide bonds. The van der Waals surface area contributed by atoms with Gasteiger partial charge in [-0.2, -0.15) is 0 Å². The molecule has 6 nitrogen and oxygen atoms in total. The maximum Gasteiger partial charge on any atom is 0.335 e. The van der Waals surface area contributed by atoms with Crippen LogP contribution in [0.25, 0.3) is 11.0 Å². The summed E-state index contributed by atoms with van der Waals surface area (Å²) in [5.74, 6) is -1.35. The van der Waals surface area contributed by atoms with Crippen molar-refractivity contribution in [3.63, 3.8) is 0 Å². The first-order valence-corrected chi connectivity index (χ1v) is 5.00. The minimum Gasteiger partial charge on any atom is -0.481 e. The van der Waals surface area contributed by atoms with Gasteiger partial charge in [-0.1, -0.05) is 0 Å². The monoisotopic (exact) mass is 270 g/mol. The van der Waals surface area contributed by atoms with E-state index in [4.69, 9.17) is 10.2 Å². The number of aliphatic carboxylic acids is 1. The largest absolute Gasteiger partial charge is 0.481 e. The van der Waals surface area contributed by atoms with Gasteiger partial charge in [0.05, 0.1) is 23.0 Å². The zero-order valence-electron chi connectivity index (χ0n) is 9.21. The average Bonchev–Trinajstić information content (AvgIpc) is 2.67. The molecule has 0 fully saturated rings. The van der Waals surface area contributed by atoms with E-state index in [2.05, 4.69) is 9.97 Å². The second-order valence-electron chi connectivity index (χ2n) is 3.61. The lowest BCUT2D eigenvalue weighted by atomic mass is 10.2. The maximum absolute atomic E-state index is 10.8. The number of nitrogens with zero attached hydrogens (tertiary/aromatic N) is 1. The summed E-state index contributed by atoms with van der Waals surface area (Å²) in [5, 5.41) is 17.4. The van der Waals surface area contributed by atoms with Crippen molar-refractivity contribution in [3.05, 3.63) is 29.6 Å². The van der Waals surface area contributed by atoms with Gasteiger partial charge in [0, 0.05) is 6.42 Å². The van der Waals surface area contributed by atoms with Crippen molar-refractivity contribution < 1.29 is 19.8 Å². The third-order valence-electron chi connectivity index (χ3n) is 2.35. The standard InChI is InChI=1S/C11H10N2O4.ClH/c14-10(15)4-3-9-12-7-2-1-6(11(16)17)5-8(7)13-9;/h1-2,5H,3-4H2,(H,12,13)(H,14,15)(H,16,17);1H. The Labute approximate surface area is 108 Å². The van der Waals surface area contributed by atoms with E-state index in [1.807, 2.05) is 0 Å². The molecule has 0 atom stereocenters. The van der Waals surface area contributed by atoms with Gasteiger partial charge in [0.1, 0.15) is 5.82 Å². The topological polar surface area (TPSA) is 103 Å². The van der Waals surface area contributed by atoms with E-state index in [-0.39, 0.29) is 24.4 Å². The molecule has 3 N–H and O–H groups in total. The van der Waals surface area contributed by atoms with E-state index in [0.29, 0.717) is 23.3 Å².